The minimum atomic E-state index is -3.63. The molecule has 0 saturated heterocycles. The van der Waals surface area contributed by atoms with Crippen LogP contribution in [-0.2, 0) is 13.7 Å². The van der Waals surface area contributed by atoms with E-state index in [2.05, 4.69) is 0 Å². The molecule has 0 heterocycles. The summed E-state index contributed by atoms with van der Waals surface area (Å²) in [6.45, 7) is 5.95. The normalized spacial score (nSPS) is 17.1. The largest absolute Gasteiger partial charge is 0.306 e. The van der Waals surface area contributed by atoms with Crippen LogP contribution in [-0.4, -0.2) is 26.2 Å². The van der Waals surface area contributed by atoms with Crippen molar-refractivity contribution in [3.63, 3.8) is 0 Å². The highest BCUT2D eigenvalue weighted by Gasteiger charge is 2.26. The third kappa shape index (κ3) is 4.00. The number of hydrogen-bond donors (Lipinski definition) is 0. The Bertz CT molecular complexity index is 479. The average Bonchev–Trinajstić information content (AvgIpc) is 2.29. The zero-order chi connectivity index (χ0) is 13.8. The molecule has 0 radical (unpaired) electrons. The van der Waals surface area contributed by atoms with Crippen LogP contribution in [0.4, 0.5) is 0 Å². The molecular weight excluding hydrogens is 268 g/mol. The average molecular weight is 290 g/mol. The van der Waals surface area contributed by atoms with E-state index in [1.165, 1.54) is 0 Å². The molecule has 0 saturated carbocycles. The first-order chi connectivity index (χ1) is 8.33. The van der Waals surface area contributed by atoms with Crippen LogP contribution in [0.3, 0.4) is 0 Å². The zero-order valence-corrected chi connectivity index (χ0v) is 13.1. The van der Waals surface area contributed by atoms with Crippen molar-refractivity contribution in [1.29, 1.82) is 0 Å². The molecule has 104 valence electrons. The van der Waals surface area contributed by atoms with E-state index in [4.69, 9.17) is 3.63 Å². The van der Waals surface area contributed by atoms with Gasteiger partial charge >= 0.3 is 10.1 Å². The van der Waals surface area contributed by atoms with Crippen molar-refractivity contribution in [1.82, 2.24) is 0 Å². The van der Waals surface area contributed by atoms with Crippen molar-refractivity contribution in [2.45, 2.75) is 32.1 Å². The molecule has 0 fully saturated rings. The molecule has 0 aliphatic rings. The highest BCUT2D eigenvalue weighted by Crippen LogP contribution is 2.48. The molecule has 1 unspecified atom stereocenters. The van der Waals surface area contributed by atoms with Gasteiger partial charge in [0.2, 0.25) is 0 Å². The summed E-state index contributed by atoms with van der Waals surface area (Å²) in [6.07, 6.45) is 2.87. The van der Waals surface area contributed by atoms with Crippen LogP contribution in [0.5, 0.6) is 0 Å². The lowest BCUT2D eigenvalue weighted by Gasteiger charge is -2.32. The van der Waals surface area contributed by atoms with E-state index in [1.807, 2.05) is 27.0 Å². The lowest BCUT2D eigenvalue weighted by atomic mass is 10.2. The lowest BCUT2D eigenvalue weighted by molar-refractivity contribution is 0.510. The Balaban J connectivity index is 2.97. The Hall–Kier alpha value is -0.520. The van der Waals surface area contributed by atoms with Gasteiger partial charge in [0.1, 0.15) is 0 Å². The molecule has 1 rings (SSSR count). The van der Waals surface area contributed by atoms with E-state index < -0.39 is 20.4 Å². The predicted molar refractivity (Wildman–Crippen MR) is 78.7 cm³/mol. The van der Waals surface area contributed by atoms with E-state index in [1.54, 1.807) is 24.3 Å². The van der Waals surface area contributed by atoms with E-state index in [0.717, 1.165) is 23.5 Å². The number of hydrogen-bond acceptors (Lipinski definition) is 3. The number of rotatable bonds is 6. The molecule has 5 heteroatoms. The SMILES string of the molecule is CCCS(C)(CC)OS(=O)(=O)c1ccc(C)cc1. The fraction of sp³-hybridized carbons (Fsp3) is 0.538. The van der Waals surface area contributed by atoms with Gasteiger partial charge in [0.15, 0.2) is 0 Å². The minimum Gasteiger partial charge on any atom is -0.217 e. The second-order valence-electron chi connectivity index (χ2n) is 4.51. The van der Waals surface area contributed by atoms with Crippen molar-refractivity contribution >= 4 is 20.4 Å². The smallest absolute Gasteiger partial charge is 0.217 e. The summed E-state index contributed by atoms with van der Waals surface area (Å²) >= 11 is 0. The molecule has 0 amide bonds. The van der Waals surface area contributed by atoms with Gasteiger partial charge in [-0.1, -0.05) is 31.5 Å². The van der Waals surface area contributed by atoms with Gasteiger partial charge in [0.25, 0.3) is 0 Å². The van der Waals surface area contributed by atoms with Gasteiger partial charge in [-0.05, 0) is 43.2 Å². The maximum atomic E-state index is 12.2. The Morgan fingerprint density at radius 3 is 2.11 bits per heavy atom. The fourth-order valence-corrected chi connectivity index (χ4v) is 5.94. The Morgan fingerprint density at radius 1 is 1.11 bits per heavy atom. The molecule has 0 bridgehead atoms. The molecular formula is C13H22O3S2. The van der Waals surface area contributed by atoms with E-state index >= 15 is 0 Å². The fourth-order valence-electron chi connectivity index (χ4n) is 1.62. The molecule has 0 aromatic heterocycles. The topological polar surface area (TPSA) is 43.4 Å². The van der Waals surface area contributed by atoms with Crippen molar-refractivity contribution < 1.29 is 12.0 Å². The van der Waals surface area contributed by atoms with Crippen molar-refractivity contribution in [3.8, 4) is 0 Å². The van der Waals surface area contributed by atoms with E-state index in [-0.39, 0.29) is 4.90 Å². The van der Waals surface area contributed by atoms with Crippen LogP contribution in [0.25, 0.3) is 0 Å². The highest BCUT2D eigenvalue weighted by atomic mass is 32.3. The summed E-state index contributed by atoms with van der Waals surface area (Å²) in [5.74, 6) is 1.57. The van der Waals surface area contributed by atoms with Crippen molar-refractivity contribution in [2.24, 2.45) is 0 Å². The quantitative estimate of drug-likeness (QED) is 0.805. The molecule has 1 aromatic rings. The summed E-state index contributed by atoms with van der Waals surface area (Å²) in [7, 11) is -5.16. The monoisotopic (exact) mass is 290 g/mol. The van der Waals surface area contributed by atoms with Crippen LogP contribution in [0.2, 0.25) is 0 Å². The second kappa shape index (κ2) is 6.08. The molecule has 18 heavy (non-hydrogen) atoms. The third-order valence-electron chi connectivity index (χ3n) is 2.81. The minimum absolute atomic E-state index is 0.247. The maximum absolute atomic E-state index is 12.2. The van der Waals surface area contributed by atoms with Gasteiger partial charge in [-0.3, -0.25) is 0 Å². The van der Waals surface area contributed by atoms with Gasteiger partial charge in [0.05, 0.1) is 4.90 Å². The first-order valence-corrected chi connectivity index (χ1v) is 9.80. The molecule has 0 N–H and O–H groups in total. The summed E-state index contributed by atoms with van der Waals surface area (Å²) < 4.78 is 29.9. The molecule has 0 aliphatic carbocycles. The summed E-state index contributed by atoms with van der Waals surface area (Å²) in [5.41, 5.74) is 1.04. The predicted octanol–water partition coefficient (Wildman–Crippen LogP) is 3.48. The standard InChI is InChI=1S/C13H22O3S2/c1-5-11-17(4,6-2)16-18(14,15)13-9-7-12(3)8-10-13/h7-10H,5-6,11H2,1-4H3. The molecule has 3 nitrogen and oxygen atoms in total. The van der Waals surface area contributed by atoms with Gasteiger partial charge in [-0.15, -0.1) is 10.3 Å². The molecule has 1 atom stereocenters. The first-order valence-electron chi connectivity index (χ1n) is 6.09. The zero-order valence-electron chi connectivity index (χ0n) is 11.5. The summed E-state index contributed by atoms with van der Waals surface area (Å²) in [4.78, 5) is 0.247. The van der Waals surface area contributed by atoms with Gasteiger partial charge in [0, 0.05) is 0 Å². The number of benzene rings is 1. The third-order valence-corrected chi connectivity index (χ3v) is 8.18. The Kier molecular flexibility index (Phi) is 5.25. The van der Waals surface area contributed by atoms with Crippen LogP contribution in [0, 0.1) is 6.92 Å². The first kappa shape index (κ1) is 15.5. The second-order valence-corrected chi connectivity index (χ2v) is 9.79. The molecule has 0 aliphatic heterocycles. The van der Waals surface area contributed by atoms with E-state index in [0.29, 0.717) is 0 Å². The van der Waals surface area contributed by atoms with E-state index in [9.17, 15) is 8.42 Å². The van der Waals surface area contributed by atoms with Crippen LogP contribution >= 0.6 is 10.3 Å². The van der Waals surface area contributed by atoms with Crippen molar-refractivity contribution in [2.75, 3.05) is 17.8 Å². The maximum Gasteiger partial charge on any atom is 0.306 e. The highest BCUT2D eigenvalue weighted by molar-refractivity contribution is 8.32. The van der Waals surface area contributed by atoms with Gasteiger partial charge in [-0.25, -0.2) is 3.63 Å². The van der Waals surface area contributed by atoms with Crippen LogP contribution < -0.4 is 0 Å². The Labute approximate surface area is 112 Å². The molecule has 0 spiro atoms. The molecule has 1 aromatic carbocycles. The Morgan fingerprint density at radius 2 is 1.67 bits per heavy atom. The van der Waals surface area contributed by atoms with Gasteiger partial charge < -0.3 is 0 Å². The van der Waals surface area contributed by atoms with Gasteiger partial charge in [-0.2, -0.15) is 8.42 Å². The van der Waals surface area contributed by atoms with Crippen LogP contribution in [0.1, 0.15) is 25.8 Å². The van der Waals surface area contributed by atoms with Crippen molar-refractivity contribution in [3.05, 3.63) is 29.8 Å². The van der Waals surface area contributed by atoms with Crippen LogP contribution in [0.15, 0.2) is 29.2 Å². The lowest BCUT2D eigenvalue weighted by Crippen LogP contribution is -2.15. The summed E-state index contributed by atoms with van der Waals surface area (Å²) in [6, 6.07) is 6.78. The number of aryl methyl sites for hydroxylation is 1. The summed E-state index contributed by atoms with van der Waals surface area (Å²) in [5, 5.41) is 0.